The number of esters is 1. The Morgan fingerprint density at radius 1 is 1.10 bits per heavy atom. The van der Waals surface area contributed by atoms with E-state index in [1.54, 1.807) is 39.0 Å². The van der Waals surface area contributed by atoms with Gasteiger partial charge < -0.3 is 20.6 Å². The third-order valence-electron chi connectivity index (χ3n) is 5.03. The highest BCUT2D eigenvalue weighted by Crippen LogP contribution is 2.33. The molecule has 0 radical (unpaired) electrons. The van der Waals surface area contributed by atoms with E-state index >= 15 is 0 Å². The number of anilines is 1. The Hall–Kier alpha value is -3.03. The van der Waals surface area contributed by atoms with Crippen LogP contribution in [0.2, 0.25) is 0 Å². The molecule has 2 unspecified atom stereocenters. The predicted octanol–water partition coefficient (Wildman–Crippen LogP) is 2.69. The van der Waals surface area contributed by atoms with E-state index in [4.69, 9.17) is 10.5 Å². The lowest BCUT2D eigenvalue weighted by Gasteiger charge is -2.19. The van der Waals surface area contributed by atoms with Gasteiger partial charge in [-0.05, 0) is 58.7 Å². The number of carbonyl (C=O) groups is 5. The van der Waals surface area contributed by atoms with Crippen molar-refractivity contribution in [3.63, 3.8) is 0 Å². The van der Waals surface area contributed by atoms with Crippen molar-refractivity contribution in [3.05, 3.63) is 29.3 Å². The molecule has 1 aromatic carbocycles. The van der Waals surface area contributed by atoms with Gasteiger partial charge in [0.25, 0.3) is 0 Å². The molecule has 2 atom stereocenters. The summed E-state index contributed by atoms with van der Waals surface area (Å²) in [6.07, 6.45) is 0.535. The van der Waals surface area contributed by atoms with E-state index < -0.39 is 23.3 Å². The molecule has 3 N–H and O–H groups in total. The minimum atomic E-state index is -0.975. The molecular formula is C23H30N2O6. The highest BCUT2D eigenvalue weighted by molar-refractivity contribution is 6.26. The SMILES string of the molecule is CC(=O)CCC(CC1C(=O)c2ccc(NCCC(=O)OC(C)(C)C)cc2C1=O)C(N)=O. The lowest BCUT2D eigenvalue weighted by Crippen LogP contribution is -2.29. The average Bonchev–Trinajstić information content (AvgIpc) is 2.87. The maximum Gasteiger partial charge on any atom is 0.308 e. The molecule has 0 bridgehead atoms. The lowest BCUT2D eigenvalue weighted by atomic mass is 9.87. The molecule has 1 aliphatic rings. The topological polar surface area (TPSA) is 133 Å². The number of ether oxygens (including phenoxy) is 1. The van der Waals surface area contributed by atoms with Crippen LogP contribution in [0.5, 0.6) is 0 Å². The highest BCUT2D eigenvalue weighted by atomic mass is 16.6. The number of rotatable bonds is 10. The highest BCUT2D eigenvalue weighted by Gasteiger charge is 2.40. The molecule has 8 nitrogen and oxygen atoms in total. The van der Waals surface area contributed by atoms with E-state index in [2.05, 4.69) is 5.32 Å². The maximum atomic E-state index is 12.9. The van der Waals surface area contributed by atoms with Crippen LogP contribution in [0.15, 0.2) is 18.2 Å². The van der Waals surface area contributed by atoms with Crippen LogP contribution < -0.4 is 11.1 Å². The summed E-state index contributed by atoms with van der Waals surface area (Å²) >= 11 is 0. The van der Waals surface area contributed by atoms with Crippen LogP contribution in [0, 0.1) is 11.8 Å². The van der Waals surface area contributed by atoms with E-state index in [0.29, 0.717) is 17.8 Å². The van der Waals surface area contributed by atoms with Crippen LogP contribution in [0.25, 0.3) is 0 Å². The molecule has 31 heavy (non-hydrogen) atoms. The number of amides is 1. The van der Waals surface area contributed by atoms with Crippen molar-refractivity contribution in [2.24, 2.45) is 17.6 Å². The van der Waals surface area contributed by atoms with E-state index in [9.17, 15) is 24.0 Å². The summed E-state index contributed by atoms with van der Waals surface area (Å²) in [5, 5.41) is 3.06. The molecule has 0 saturated heterocycles. The van der Waals surface area contributed by atoms with Crippen molar-refractivity contribution in [1.29, 1.82) is 0 Å². The van der Waals surface area contributed by atoms with Gasteiger partial charge in [0.15, 0.2) is 11.6 Å². The fraction of sp³-hybridized carbons (Fsp3) is 0.522. The van der Waals surface area contributed by atoms with Crippen molar-refractivity contribution < 1.29 is 28.7 Å². The monoisotopic (exact) mass is 430 g/mol. The quantitative estimate of drug-likeness (QED) is 0.431. The lowest BCUT2D eigenvalue weighted by molar-refractivity contribution is -0.154. The molecule has 168 valence electrons. The first kappa shape index (κ1) is 24.2. The molecule has 0 fully saturated rings. The number of Topliss-reactive ketones (excluding diaryl/α,β-unsaturated/α-hetero) is 3. The summed E-state index contributed by atoms with van der Waals surface area (Å²) in [6.45, 7) is 7.10. The van der Waals surface area contributed by atoms with Gasteiger partial charge in [-0.3, -0.25) is 19.2 Å². The molecular weight excluding hydrogens is 400 g/mol. The van der Waals surface area contributed by atoms with Crippen LogP contribution in [0.4, 0.5) is 5.69 Å². The van der Waals surface area contributed by atoms with Gasteiger partial charge in [-0.1, -0.05) is 0 Å². The number of benzene rings is 1. The van der Waals surface area contributed by atoms with Gasteiger partial charge in [0.2, 0.25) is 5.91 Å². The van der Waals surface area contributed by atoms with Gasteiger partial charge in [0, 0.05) is 35.7 Å². The number of fused-ring (bicyclic) bond motifs is 1. The number of primary amides is 1. The predicted molar refractivity (Wildman–Crippen MR) is 115 cm³/mol. The number of carbonyl (C=O) groups excluding carboxylic acids is 5. The van der Waals surface area contributed by atoms with E-state index in [1.807, 2.05) is 0 Å². The van der Waals surface area contributed by atoms with Crippen molar-refractivity contribution >= 4 is 34.9 Å². The molecule has 2 rings (SSSR count). The third-order valence-corrected chi connectivity index (χ3v) is 5.03. The summed E-state index contributed by atoms with van der Waals surface area (Å²) < 4.78 is 5.25. The molecule has 1 aliphatic carbocycles. The van der Waals surface area contributed by atoms with Gasteiger partial charge in [0.05, 0.1) is 12.3 Å². The zero-order valence-corrected chi connectivity index (χ0v) is 18.4. The summed E-state index contributed by atoms with van der Waals surface area (Å²) in [5.74, 6) is -3.43. The molecule has 0 aliphatic heterocycles. The summed E-state index contributed by atoms with van der Waals surface area (Å²) in [4.78, 5) is 60.4. The van der Waals surface area contributed by atoms with Gasteiger partial charge >= 0.3 is 5.97 Å². The van der Waals surface area contributed by atoms with Crippen molar-refractivity contribution in [3.8, 4) is 0 Å². The van der Waals surface area contributed by atoms with Gasteiger partial charge in [-0.2, -0.15) is 0 Å². The molecule has 1 aromatic rings. The minimum Gasteiger partial charge on any atom is -0.460 e. The van der Waals surface area contributed by atoms with Crippen molar-refractivity contribution in [2.45, 2.75) is 59.0 Å². The molecule has 8 heteroatoms. The Labute approximate surface area is 181 Å². The number of hydrogen-bond acceptors (Lipinski definition) is 7. The largest absolute Gasteiger partial charge is 0.460 e. The molecule has 0 saturated carbocycles. The standard InChI is InChI=1S/C23H30N2O6/c1-13(26)5-6-14(22(24)30)11-18-20(28)16-8-7-15(12-17(16)21(18)29)25-10-9-19(27)31-23(2,3)4/h7-8,12,14,18,25H,5-6,9-11H2,1-4H3,(H2,24,30). The molecule has 1 amide bonds. The normalized spacial score (nSPS) is 16.6. The third kappa shape index (κ3) is 6.73. The number of hydrogen-bond donors (Lipinski definition) is 2. The van der Waals surface area contributed by atoms with Crippen LogP contribution in [-0.2, 0) is 19.1 Å². The smallest absolute Gasteiger partial charge is 0.308 e. The van der Waals surface area contributed by atoms with Crippen LogP contribution >= 0.6 is 0 Å². The zero-order chi connectivity index (χ0) is 23.3. The summed E-state index contributed by atoms with van der Waals surface area (Å²) in [6, 6.07) is 4.82. The van der Waals surface area contributed by atoms with E-state index in [1.165, 1.54) is 6.92 Å². The first-order valence-electron chi connectivity index (χ1n) is 10.4. The first-order valence-corrected chi connectivity index (χ1v) is 10.4. The Balaban J connectivity index is 2.03. The molecule has 0 aromatic heterocycles. The molecule has 0 heterocycles. The van der Waals surface area contributed by atoms with Crippen LogP contribution in [-0.4, -0.2) is 41.4 Å². The van der Waals surface area contributed by atoms with E-state index in [-0.39, 0.29) is 54.6 Å². The van der Waals surface area contributed by atoms with Gasteiger partial charge in [-0.15, -0.1) is 0 Å². The Kier molecular flexibility index (Phi) is 7.70. The van der Waals surface area contributed by atoms with Crippen molar-refractivity contribution in [2.75, 3.05) is 11.9 Å². The van der Waals surface area contributed by atoms with Crippen LogP contribution in [0.1, 0.15) is 74.1 Å². The summed E-state index contributed by atoms with van der Waals surface area (Å²) in [7, 11) is 0. The van der Waals surface area contributed by atoms with Gasteiger partial charge in [-0.25, -0.2) is 0 Å². The fourth-order valence-electron chi connectivity index (χ4n) is 3.52. The second-order valence-corrected chi connectivity index (χ2v) is 8.88. The molecule has 0 spiro atoms. The fourth-order valence-corrected chi connectivity index (χ4v) is 3.52. The maximum absolute atomic E-state index is 12.9. The Bertz CT molecular complexity index is 900. The number of nitrogens with one attached hydrogen (secondary N) is 1. The second kappa shape index (κ2) is 9.85. The van der Waals surface area contributed by atoms with Crippen LogP contribution in [0.3, 0.4) is 0 Å². The number of ketones is 3. The van der Waals surface area contributed by atoms with E-state index in [0.717, 1.165) is 0 Å². The Morgan fingerprint density at radius 3 is 2.32 bits per heavy atom. The van der Waals surface area contributed by atoms with Crippen molar-refractivity contribution in [1.82, 2.24) is 0 Å². The zero-order valence-electron chi connectivity index (χ0n) is 18.4. The minimum absolute atomic E-state index is 0.00361. The second-order valence-electron chi connectivity index (χ2n) is 8.88. The first-order chi connectivity index (χ1) is 14.4. The summed E-state index contributed by atoms with van der Waals surface area (Å²) in [5.41, 5.74) is 6.06. The van der Waals surface area contributed by atoms with Gasteiger partial charge in [0.1, 0.15) is 11.4 Å². The Morgan fingerprint density at radius 2 is 1.74 bits per heavy atom. The number of nitrogens with two attached hydrogens (primary N) is 1. The average molecular weight is 431 g/mol.